The fraction of sp³-hybridized carbons (Fsp3) is 0.182. The number of rotatable bonds is 2. The summed E-state index contributed by atoms with van der Waals surface area (Å²) >= 11 is 0. The first kappa shape index (κ1) is 9.58. The summed E-state index contributed by atoms with van der Waals surface area (Å²) in [6.07, 6.45) is 3.06. The maximum Gasteiger partial charge on any atom is 0.161 e. The highest BCUT2D eigenvalue weighted by molar-refractivity contribution is 5.90. The zero-order valence-electron chi connectivity index (χ0n) is 8.52. The molecule has 2 aromatic rings. The summed E-state index contributed by atoms with van der Waals surface area (Å²) in [7, 11) is 3.13. The molecule has 0 saturated carbocycles. The number of hydrogen-bond acceptors (Lipinski definition) is 4. The summed E-state index contributed by atoms with van der Waals surface area (Å²) in [4.78, 5) is 3.90. The molecule has 1 heterocycles. The van der Waals surface area contributed by atoms with Gasteiger partial charge in [-0.3, -0.25) is 4.98 Å². The second-order valence-corrected chi connectivity index (χ2v) is 3.09. The Bertz CT molecular complexity index is 496. The fourth-order valence-electron chi connectivity index (χ4n) is 1.48. The Morgan fingerprint density at radius 1 is 1.07 bits per heavy atom. The molecule has 0 radical (unpaired) electrons. The van der Waals surface area contributed by atoms with E-state index in [-0.39, 0.29) is 5.75 Å². The van der Waals surface area contributed by atoms with Crippen molar-refractivity contribution in [3.05, 3.63) is 24.5 Å². The van der Waals surface area contributed by atoms with E-state index in [1.807, 2.05) is 0 Å². The molecule has 0 atom stereocenters. The van der Waals surface area contributed by atoms with Crippen LogP contribution in [0.4, 0.5) is 0 Å². The number of fused-ring (bicyclic) bond motifs is 1. The van der Waals surface area contributed by atoms with Crippen molar-refractivity contribution >= 4 is 10.8 Å². The van der Waals surface area contributed by atoms with E-state index >= 15 is 0 Å². The van der Waals surface area contributed by atoms with Crippen LogP contribution >= 0.6 is 0 Å². The first-order valence-corrected chi connectivity index (χ1v) is 4.45. The Morgan fingerprint density at radius 2 is 1.73 bits per heavy atom. The lowest BCUT2D eigenvalue weighted by molar-refractivity contribution is 0.355. The van der Waals surface area contributed by atoms with Crippen LogP contribution in [0, 0.1) is 0 Å². The second kappa shape index (κ2) is 3.65. The minimum Gasteiger partial charge on any atom is -0.506 e. The summed E-state index contributed by atoms with van der Waals surface area (Å²) in [5, 5.41) is 11.1. The van der Waals surface area contributed by atoms with E-state index in [0.29, 0.717) is 16.9 Å². The van der Waals surface area contributed by atoms with Crippen LogP contribution in [0.1, 0.15) is 0 Å². The zero-order chi connectivity index (χ0) is 10.8. The van der Waals surface area contributed by atoms with Crippen molar-refractivity contribution < 1.29 is 14.6 Å². The molecule has 0 fully saturated rings. The van der Waals surface area contributed by atoms with Gasteiger partial charge in [0.25, 0.3) is 0 Å². The van der Waals surface area contributed by atoms with Gasteiger partial charge in [-0.1, -0.05) is 0 Å². The van der Waals surface area contributed by atoms with Crippen LogP contribution in [0.3, 0.4) is 0 Å². The lowest BCUT2D eigenvalue weighted by atomic mass is 10.1. The van der Waals surface area contributed by atoms with Crippen LogP contribution in [0.25, 0.3) is 10.8 Å². The molecule has 1 N–H and O–H groups in total. The van der Waals surface area contributed by atoms with Gasteiger partial charge >= 0.3 is 0 Å². The molecule has 4 heteroatoms. The van der Waals surface area contributed by atoms with Gasteiger partial charge in [0.15, 0.2) is 11.5 Å². The summed E-state index contributed by atoms with van der Waals surface area (Å²) in [5.41, 5.74) is 0. The monoisotopic (exact) mass is 205 g/mol. The summed E-state index contributed by atoms with van der Waals surface area (Å²) in [6.45, 7) is 0. The number of benzene rings is 1. The minimum absolute atomic E-state index is 0.133. The number of ether oxygens (including phenoxy) is 2. The molecule has 0 aliphatic heterocycles. The van der Waals surface area contributed by atoms with Crippen molar-refractivity contribution in [2.45, 2.75) is 0 Å². The molecule has 2 rings (SSSR count). The maximum absolute atomic E-state index is 9.60. The van der Waals surface area contributed by atoms with Crippen LogP contribution in [-0.4, -0.2) is 24.3 Å². The van der Waals surface area contributed by atoms with Crippen molar-refractivity contribution in [1.82, 2.24) is 4.98 Å². The maximum atomic E-state index is 9.60. The van der Waals surface area contributed by atoms with Gasteiger partial charge in [0.2, 0.25) is 0 Å². The number of pyridine rings is 1. The van der Waals surface area contributed by atoms with E-state index in [2.05, 4.69) is 4.98 Å². The van der Waals surface area contributed by atoms with Crippen molar-refractivity contribution in [3.8, 4) is 17.2 Å². The first-order valence-electron chi connectivity index (χ1n) is 4.45. The molecule has 1 aromatic carbocycles. The van der Waals surface area contributed by atoms with Crippen LogP contribution in [0.2, 0.25) is 0 Å². The Hall–Kier alpha value is -1.97. The van der Waals surface area contributed by atoms with Gasteiger partial charge < -0.3 is 14.6 Å². The molecule has 0 spiro atoms. The lowest BCUT2D eigenvalue weighted by Crippen LogP contribution is -1.90. The lowest BCUT2D eigenvalue weighted by Gasteiger charge is -2.09. The predicted molar refractivity (Wildman–Crippen MR) is 56.5 cm³/mol. The van der Waals surface area contributed by atoms with Crippen LogP contribution < -0.4 is 9.47 Å². The van der Waals surface area contributed by atoms with Gasteiger partial charge in [0.05, 0.1) is 20.4 Å². The van der Waals surface area contributed by atoms with Crippen molar-refractivity contribution in [2.75, 3.05) is 14.2 Å². The number of aromatic hydroxyl groups is 1. The molecule has 0 aliphatic carbocycles. The second-order valence-electron chi connectivity index (χ2n) is 3.09. The SMILES string of the molecule is COc1cc2cncc(O)c2cc1OC. The van der Waals surface area contributed by atoms with Gasteiger partial charge in [-0.05, 0) is 12.1 Å². The highest BCUT2D eigenvalue weighted by Gasteiger charge is 2.08. The fourth-order valence-corrected chi connectivity index (χ4v) is 1.48. The first-order chi connectivity index (χ1) is 7.26. The predicted octanol–water partition coefficient (Wildman–Crippen LogP) is 1.96. The molecule has 0 amide bonds. The third kappa shape index (κ3) is 1.54. The largest absolute Gasteiger partial charge is 0.506 e. The number of aromatic nitrogens is 1. The molecule has 0 aliphatic rings. The van der Waals surface area contributed by atoms with Gasteiger partial charge in [0, 0.05) is 17.0 Å². The van der Waals surface area contributed by atoms with Crippen molar-refractivity contribution in [1.29, 1.82) is 0 Å². The summed E-state index contributed by atoms with van der Waals surface area (Å²) in [5.74, 6) is 1.34. The quantitative estimate of drug-likeness (QED) is 0.814. The number of methoxy groups -OCH3 is 2. The normalized spacial score (nSPS) is 10.3. The van der Waals surface area contributed by atoms with Crippen molar-refractivity contribution in [3.63, 3.8) is 0 Å². The van der Waals surface area contributed by atoms with Gasteiger partial charge in [-0.15, -0.1) is 0 Å². The Balaban J connectivity index is 2.75. The molecule has 4 nitrogen and oxygen atoms in total. The zero-order valence-corrected chi connectivity index (χ0v) is 8.52. The van der Waals surface area contributed by atoms with E-state index in [4.69, 9.17) is 9.47 Å². The molecular weight excluding hydrogens is 194 g/mol. The van der Waals surface area contributed by atoms with E-state index in [9.17, 15) is 5.11 Å². The smallest absolute Gasteiger partial charge is 0.161 e. The van der Waals surface area contributed by atoms with Crippen molar-refractivity contribution in [2.24, 2.45) is 0 Å². The van der Waals surface area contributed by atoms with Gasteiger partial charge in [0.1, 0.15) is 5.75 Å². The van der Waals surface area contributed by atoms with E-state index in [0.717, 1.165) is 5.39 Å². The molecule has 0 saturated heterocycles. The van der Waals surface area contributed by atoms with Crippen LogP contribution in [0.15, 0.2) is 24.5 Å². The average molecular weight is 205 g/mol. The molecule has 0 unspecified atom stereocenters. The van der Waals surface area contributed by atoms with E-state index in [1.165, 1.54) is 6.20 Å². The Morgan fingerprint density at radius 3 is 2.40 bits per heavy atom. The average Bonchev–Trinajstić information content (AvgIpc) is 2.28. The minimum atomic E-state index is 0.133. The van der Waals surface area contributed by atoms with Crippen LogP contribution in [0.5, 0.6) is 17.2 Å². The topological polar surface area (TPSA) is 51.6 Å². The van der Waals surface area contributed by atoms with Crippen LogP contribution in [-0.2, 0) is 0 Å². The molecular formula is C11H11NO3. The molecule has 0 bridgehead atoms. The molecule has 78 valence electrons. The van der Waals surface area contributed by atoms with Gasteiger partial charge in [-0.25, -0.2) is 0 Å². The Labute approximate surface area is 87.1 Å². The highest BCUT2D eigenvalue weighted by Crippen LogP contribution is 2.34. The standard InChI is InChI=1S/C11H11NO3/c1-14-10-3-7-5-12-6-9(13)8(7)4-11(10)15-2/h3-6,13H,1-2H3. The number of nitrogens with zero attached hydrogens (tertiary/aromatic N) is 1. The third-order valence-electron chi connectivity index (χ3n) is 2.24. The van der Waals surface area contributed by atoms with E-state index < -0.39 is 0 Å². The summed E-state index contributed by atoms with van der Waals surface area (Å²) in [6, 6.07) is 3.51. The third-order valence-corrected chi connectivity index (χ3v) is 2.24. The Kier molecular flexibility index (Phi) is 2.33. The highest BCUT2D eigenvalue weighted by atomic mass is 16.5. The van der Waals surface area contributed by atoms with E-state index in [1.54, 1.807) is 32.5 Å². The molecule has 15 heavy (non-hydrogen) atoms. The number of hydrogen-bond donors (Lipinski definition) is 1. The summed E-state index contributed by atoms with van der Waals surface area (Å²) < 4.78 is 10.3. The van der Waals surface area contributed by atoms with Gasteiger partial charge in [-0.2, -0.15) is 0 Å². The molecule has 1 aromatic heterocycles.